The Kier molecular flexibility index (Phi) is 42.9. The summed E-state index contributed by atoms with van der Waals surface area (Å²) in [6.07, 6.45) is 45.2. The molecule has 8 nitrogen and oxygen atoms in total. The smallest absolute Gasteiger partial charge is 0.465 e. The maximum atomic E-state index is 13.2. The van der Waals surface area contributed by atoms with Crippen LogP contribution in [0.25, 0.3) is 0 Å². The van der Waals surface area contributed by atoms with Crippen molar-refractivity contribution in [2.24, 2.45) is 5.92 Å². The first-order chi connectivity index (χ1) is 28.8. The number of carbonyl (C=O) groups excluding carboxylic acids is 3. The Morgan fingerprint density at radius 1 is 0.475 bits per heavy atom. The Bertz CT molecular complexity index is 1030. The van der Waals surface area contributed by atoms with Gasteiger partial charge in [0.2, 0.25) is 0 Å². The molecule has 0 spiro atoms. The molecule has 0 aliphatic carbocycles. The standard InChI is InChI=1S/C51H93NO7/c1-6-9-12-15-18-21-22-23-24-25-26-27-30-33-36-40-49(53)57-44-48(46-59-51(55)56-42-37-41-52(4)5)45-58-50(54)43-47(38-34-31-28-19-16-13-10-7-2)39-35-32-29-20-17-14-11-8-3/h18,21,23-24,43,48H,6-17,19-20,22,25-42,44-46H2,1-5H3/b21-18-,24-23-. The summed E-state index contributed by atoms with van der Waals surface area (Å²) >= 11 is 0. The number of rotatable bonds is 43. The summed E-state index contributed by atoms with van der Waals surface area (Å²) in [5.74, 6) is -1.15. The third-order valence-electron chi connectivity index (χ3n) is 10.7. The first-order valence-corrected chi connectivity index (χ1v) is 24.6. The lowest BCUT2D eigenvalue weighted by Gasteiger charge is -2.17. The number of carbonyl (C=O) groups is 3. The van der Waals surface area contributed by atoms with Gasteiger partial charge in [0.25, 0.3) is 0 Å². The summed E-state index contributed by atoms with van der Waals surface area (Å²) in [5, 5.41) is 0. The van der Waals surface area contributed by atoms with Crippen LogP contribution in [0.15, 0.2) is 36.0 Å². The molecule has 0 fully saturated rings. The summed E-state index contributed by atoms with van der Waals surface area (Å²) in [5.41, 5.74) is 1.16. The van der Waals surface area contributed by atoms with E-state index in [0.29, 0.717) is 12.8 Å². The first-order valence-electron chi connectivity index (χ1n) is 24.6. The average molecular weight is 832 g/mol. The van der Waals surface area contributed by atoms with Crippen LogP contribution in [0.5, 0.6) is 0 Å². The number of allylic oxidation sites excluding steroid dienone is 5. The summed E-state index contributed by atoms with van der Waals surface area (Å²) in [6.45, 7) is 7.72. The van der Waals surface area contributed by atoms with Gasteiger partial charge in [0.05, 0.1) is 12.5 Å². The molecule has 0 rings (SSSR count). The van der Waals surface area contributed by atoms with Crippen LogP contribution in [0.3, 0.4) is 0 Å². The van der Waals surface area contributed by atoms with Gasteiger partial charge in [-0.3, -0.25) is 4.79 Å². The van der Waals surface area contributed by atoms with Crippen molar-refractivity contribution in [2.75, 3.05) is 47.1 Å². The van der Waals surface area contributed by atoms with Crippen LogP contribution in [0.4, 0.5) is 4.79 Å². The molecule has 0 heterocycles. The lowest BCUT2D eigenvalue weighted by molar-refractivity contribution is -0.148. The molecule has 0 radical (unpaired) electrons. The predicted octanol–water partition coefficient (Wildman–Crippen LogP) is 14.6. The third kappa shape index (κ3) is 43.3. The number of esters is 2. The van der Waals surface area contributed by atoms with E-state index in [-0.39, 0.29) is 38.4 Å². The van der Waals surface area contributed by atoms with E-state index >= 15 is 0 Å². The zero-order valence-electron chi connectivity index (χ0n) is 39.2. The number of unbranched alkanes of at least 4 members (excludes halogenated alkanes) is 22. The molecular weight excluding hydrogens is 739 g/mol. The first kappa shape index (κ1) is 56.4. The second-order valence-electron chi connectivity index (χ2n) is 17.0. The van der Waals surface area contributed by atoms with E-state index in [1.165, 1.54) is 116 Å². The van der Waals surface area contributed by atoms with Crippen LogP contribution in [-0.4, -0.2) is 70.1 Å². The van der Waals surface area contributed by atoms with Crippen LogP contribution in [0.2, 0.25) is 0 Å². The highest BCUT2D eigenvalue weighted by Gasteiger charge is 2.18. The second kappa shape index (κ2) is 44.9. The van der Waals surface area contributed by atoms with Gasteiger partial charge in [-0.15, -0.1) is 0 Å². The van der Waals surface area contributed by atoms with Gasteiger partial charge in [-0.2, -0.15) is 0 Å². The minimum absolute atomic E-state index is 0.00731. The van der Waals surface area contributed by atoms with Crippen LogP contribution in [0.1, 0.15) is 220 Å². The topological polar surface area (TPSA) is 91.4 Å². The molecule has 1 unspecified atom stereocenters. The molecule has 0 amide bonds. The lowest BCUT2D eigenvalue weighted by atomic mass is 9.99. The fourth-order valence-corrected chi connectivity index (χ4v) is 6.92. The zero-order valence-corrected chi connectivity index (χ0v) is 39.2. The Morgan fingerprint density at radius 3 is 1.46 bits per heavy atom. The molecule has 0 aliphatic rings. The van der Waals surface area contributed by atoms with Crippen LogP contribution < -0.4 is 0 Å². The lowest BCUT2D eigenvalue weighted by Crippen LogP contribution is -2.26. The quantitative estimate of drug-likeness (QED) is 0.0197. The highest BCUT2D eigenvalue weighted by Crippen LogP contribution is 2.20. The molecule has 0 aliphatic heterocycles. The number of hydrogen-bond acceptors (Lipinski definition) is 8. The molecule has 0 aromatic carbocycles. The molecule has 8 heteroatoms. The van der Waals surface area contributed by atoms with E-state index in [1.807, 2.05) is 19.0 Å². The van der Waals surface area contributed by atoms with Crippen molar-refractivity contribution in [3.63, 3.8) is 0 Å². The van der Waals surface area contributed by atoms with Gasteiger partial charge < -0.3 is 23.8 Å². The van der Waals surface area contributed by atoms with Gasteiger partial charge in [-0.05, 0) is 84.7 Å². The van der Waals surface area contributed by atoms with Crippen LogP contribution >= 0.6 is 0 Å². The van der Waals surface area contributed by atoms with Gasteiger partial charge in [0, 0.05) is 19.0 Å². The van der Waals surface area contributed by atoms with Crippen molar-refractivity contribution in [3.05, 3.63) is 36.0 Å². The van der Waals surface area contributed by atoms with E-state index in [2.05, 4.69) is 45.1 Å². The van der Waals surface area contributed by atoms with Crippen molar-refractivity contribution in [1.29, 1.82) is 0 Å². The minimum atomic E-state index is -0.769. The average Bonchev–Trinajstić information content (AvgIpc) is 3.22. The molecule has 0 N–H and O–H groups in total. The highest BCUT2D eigenvalue weighted by molar-refractivity contribution is 5.82. The molecular formula is C51H93NO7. The fourth-order valence-electron chi connectivity index (χ4n) is 6.92. The van der Waals surface area contributed by atoms with Crippen molar-refractivity contribution < 1.29 is 33.3 Å². The Morgan fingerprint density at radius 2 is 0.915 bits per heavy atom. The predicted molar refractivity (Wildman–Crippen MR) is 248 cm³/mol. The van der Waals surface area contributed by atoms with Crippen molar-refractivity contribution in [3.8, 4) is 0 Å². The number of ether oxygens (including phenoxy) is 4. The van der Waals surface area contributed by atoms with Gasteiger partial charge in [-0.1, -0.05) is 173 Å². The van der Waals surface area contributed by atoms with Gasteiger partial charge in [0.1, 0.15) is 19.8 Å². The Hall–Kier alpha value is -2.61. The van der Waals surface area contributed by atoms with Crippen molar-refractivity contribution >= 4 is 18.1 Å². The second-order valence-corrected chi connectivity index (χ2v) is 17.0. The normalized spacial score (nSPS) is 12.0. The van der Waals surface area contributed by atoms with E-state index in [0.717, 1.165) is 82.7 Å². The van der Waals surface area contributed by atoms with E-state index < -0.39 is 12.1 Å². The zero-order chi connectivity index (χ0) is 43.3. The van der Waals surface area contributed by atoms with Crippen LogP contribution in [-0.2, 0) is 28.5 Å². The maximum absolute atomic E-state index is 13.2. The molecule has 1 atom stereocenters. The molecule has 0 aromatic rings. The summed E-state index contributed by atoms with van der Waals surface area (Å²) in [7, 11) is 3.93. The van der Waals surface area contributed by atoms with Crippen molar-refractivity contribution in [2.45, 2.75) is 220 Å². The summed E-state index contributed by atoms with van der Waals surface area (Å²) in [6, 6.07) is 0. The maximum Gasteiger partial charge on any atom is 0.508 e. The highest BCUT2D eigenvalue weighted by atomic mass is 16.7. The number of hydrogen-bond donors (Lipinski definition) is 0. The minimum Gasteiger partial charge on any atom is -0.465 e. The summed E-state index contributed by atoms with van der Waals surface area (Å²) in [4.78, 5) is 40.2. The monoisotopic (exact) mass is 832 g/mol. The van der Waals surface area contributed by atoms with E-state index in [9.17, 15) is 14.4 Å². The molecule has 0 saturated carbocycles. The van der Waals surface area contributed by atoms with E-state index in [1.54, 1.807) is 6.08 Å². The largest absolute Gasteiger partial charge is 0.508 e. The van der Waals surface area contributed by atoms with Crippen LogP contribution in [0, 0.1) is 5.92 Å². The molecule has 0 aromatic heterocycles. The van der Waals surface area contributed by atoms with Crippen molar-refractivity contribution in [1.82, 2.24) is 4.90 Å². The third-order valence-corrected chi connectivity index (χ3v) is 10.7. The van der Waals surface area contributed by atoms with Gasteiger partial charge in [0.15, 0.2) is 0 Å². The molecule has 0 saturated heterocycles. The Balaban J connectivity index is 4.95. The van der Waals surface area contributed by atoms with E-state index in [4.69, 9.17) is 18.9 Å². The number of nitrogens with zero attached hydrogens (tertiary/aromatic N) is 1. The van der Waals surface area contributed by atoms with Gasteiger partial charge in [-0.25, -0.2) is 9.59 Å². The Labute approximate surface area is 364 Å². The SMILES string of the molecule is CCCCC/C=C\C/C=C\CCCCCCCC(=O)OCC(COC(=O)C=C(CCCCCCCCCC)CCCCCCCCCC)COC(=O)OCCCN(C)C. The fraction of sp³-hybridized carbons (Fsp3) is 0.824. The summed E-state index contributed by atoms with van der Waals surface area (Å²) < 4.78 is 21.9. The molecule has 344 valence electrons. The van der Waals surface area contributed by atoms with Gasteiger partial charge >= 0.3 is 18.1 Å². The molecule has 0 bridgehead atoms. The molecule has 59 heavy (non-hydrogen) atoms.